The molecule has 8 aromatic rings. The van der Waals surface area contributed by atoms with Crippen molar-refractivity contribution in [2.24, 2.45) is 28.6 Å². The molecule has 0 amide bonds. The van der Waals surface area contributed by atoms with Crippen molar-refractivity contribution in [2.75, 3.05) is 56.1 Å². The Morgan fingerprint density at radius 3 is 1.56 bits per heavy atom. The number of carbonyl (C=O) groups excluding carboxylic acids is 3. The van der Waals surface area contributed by atoms with Crippen LogP contribution in [0.2, 0.25) is 0 Å². The van der Waals surface area contributed by atoms with Crippen LogP contribution in [0.4, 0.5) is 17.5 Å². The second-order valence-corrected chi connectivity index (χ2v) is 28.5. The van der Waals surface area contributed by atoms with Crippen molar-refractivity contribution in [3.63, 3.8) is 0 Å². The number of hydrogen-bond acceptors (Lipinski definition) is 30. The number of nitrogens with one attached hydrogen (secondary N) is 3. The third kappa shape index (κ3) is 27.1. The number of esters is 2. The Morgan fingerprint density at radius 1 is 0.660 bits per heavy atom. The predicted octanol–water partition coefficient (Wildman–Crippen LogP) is 5.42. The standard InChI is InChI=1S/C14H21N5O5S.C14H20N4O3P2.C9H11N3.C8H8N2O2.C7H12O4.C6H13NO3P2.C4H7N3.CH3OP.V/c1-7-3-12(19-11(16-7)4-8(2)18-19)17-10-5-9(13(20)14(10)21)6-24-25(15,22)23;1-7-3-12(18-11(15-7)4-8(2)17-18)16-10-5-9(6-19)14(23-20)13(10)21-22;1-6-4-8(3)12-9(10-6)5-7(2)11-12;1-5-2-6-3-7(11)4-8(12)10(6)9-5;1-3-10-6(8)5-7(9)11-4-2;7-4-1-3(2-8)6(12-9)5(4)10-11;1-3-2-4(5)7-6-3;1-3-2;/h3-4,9-10,13-14,17,20-21H,5-6H2,1-2H3,(H2,15,22,23);3-4,9-10,13-14,16,19H,5-6,22H2,1-2H3;4-5H,1-3H3;2,4,11H,3H2,1H3;3-5H2,1-2H3;3-6,8H,1-2,7,11H2;2H,1H3,(H3,5,6,7);1H3;/t9-,10-,13-,14+;9-,10-,13+,14-;;;;3-,4-,5+,6-;;;/m11...1.../s1. The van der Waals surface area contributed by atoms with E-state index in [9.17, 15) is 47.3 Å². The first-order chi connectivity index (χ1) is 49.7. The van der Waals surface area contributed by atoms with E-state index in [1.54, 1.807) is 47.7 Å². The number of fused-ring (bicyclic) bond motifs is 4. The molecule has 2 unspecified atom stereocenters. The largest absolute Gasteiger partial charge is 0.512 e. The first-order valence-electron chi connectivity index (χ1n) is 32.9. The van der Waals surface area contributed by atoms with Crippen molar-refractivity contribution in [1.82, 2.24) is 63.8 Å². The molecular weight excluding hydrogens is 1530 g/mol. The van der Waals surface area contributed by atoms with Crippen LogP contribution in [0.5, 0.6) is 0 Å². The van der Waals surface area contributed by atoms with Gasteiger partial charge in [0.05, 0.1) is 90.0 Å². The van der Waals surface area contributed by atoms with Crippen LogP contribution in [0.1, 0.15) is 101 Å². The molecule has 43 heteroatoms. The summed E-state index contributed by atoms with van der Waals surface area (Å²) in [4.78, 5) is 45.6. The molecule has 1 radical (unpaired) electrons. The molecule has 0 saturated heterocycles. The van der Waals surface area contributed by atoms with Gasteiger partial charge in [-0.05, 0) is 113 Å². The van der Waals surface area contributed by atoms with Gasteiger partial charge in [0, 0.05) is 153 Å². The number of hydrogen-bond donors (Lipinski definition) is 11. The molecule has 14 N–H and O–H groups in total. The topological polar surface area (TPSA) is 523 Å². The molecule has 0 bridgehead atoms. The SMILES string of the molecule is CCOC(=O)CC(=O)OCC.CP=O.Cc1cc(C)n2nc(C)cc2n1.Cc1cc(N)n[nH]1.Cc1cc(N[C@@H]2C[C@H](CO)[C@@H](P=O)[C@H]2OP)n2nc(C)cc2n1.Cc1cc(N[C@@H]2C[C@H](COS(N)(=O)=O)[C@@H](O)[C@H]2O)n2nc(C)cc2n1.Cc1cc2n(n1)C(=O)C=C(O)C2.N[C@@H]1C[C@H](CO)[C@@H](P=O)[C@H]1OP.[V]. The summed E-state index contributed by atoms with van der Waals surface area (Å²) in [7, 11) is 0.453. The number of rotatable bonds is 17. The zero-order valence-corrected chi connectivity index (χ0v) is 67.9. The average molecular weight is 1630 g/mol. The third-order valence-electron chi connectivity index (χ3n) is 16.1. The molecular formula is C63H95N18O18P5SV. The molecule has 3 saturated carbocycles. The molecule has 0 spiro atoms. The number of nitrogens with two attached hydrogens (primary N) is 3. The summed E-state index contributed by atoms with van der Waals surface area (Å²) in [5.41, 5.74) is 22.0. The summed E-state index contributed by atoms with van der Waals surface area (Å²) < 4.78 is 83.6. The van der Waals surface area contributed by atoms with Gasteiger partial charge in [0.15, 0.2) is 42.3 Å². The number of allylic oxidation sites excluding steroid dienone is 2. The minimum absolute atomic E-state index is 0. The molecule has 581 valence electrons. The van der Waals surface area contributed by atoms with Gasteiger partial charge in [-0.25, -0.2) is 29.3 Å². The predicted molar refractivity (Wildman–Crippen MR) is 398 cm³/mol. The maximum absolute atomic E-state index is 11.5. The smallest absolute Gasteiger partial charge is 0.333 e. The van der Waals surface area contributed by atoms with Crippen LogP contribution in [0.15, 0.2) is 60.4 Å². The van der Waals surface area contributed by atoms with Crippen LogP contribution >= 0.6 is 44.3 Å². The zero-order chi connectivity index (χ0) is 78.2. The molecule has 106 heavy (non-hydrogen) atoms. The van der Waals surface area contributed by atoms with Crippen molar-refractivity contribution in [2.45, 2.75) is 162 Å². The summed E-state index contributed by atoms with van der Waals surface area (Å²) in [5.74, 6) is 0.129. The van der Waals surface area contributed by atoms with Crippen LogP contribution in [-0.2, 0) is 81.3 Å². The number of aliphatic hydroxyl groups is 5. The van der Waals surface area contributed by atoms with E-state index in [4.69, 9.17) is 40.4 Å². The second-order valence-electron chi connectivity index (χ2n) is 24.7. The van der Waals surface area contributed by atoms with E-state index in [0.717, 1.165) is 74.1 Å². The fourth-order valence-electron chi connectivity index (χ4n) is 11.7. The van der Waals surface area contributed by atoms with Crippen molar-refractivity contribution in [1.29, 1.82) is 0 Å². The Balaban J connectivity index is 0.000000269. The Bertz CT molecular complexity index is 4330. The van der Waals surface area contributed by atoms with E-state index in [0.29, 0.717) is 43.0 Å². The number of aromatic nitrogens is 13. The summed E-state index contributed by atoms with van der Waals surface area (Å²) in [5, 5.41) is 82.9. The molecule has 3 aliphatic carbocycles. The molecule has 3 fully saturated rings. The quantitative estimate of drug-likeness (QED) is 0.0308. The maximum Gasteiger partial charge on any atom is 0.333 e. The van der Waals surface area contributed by atoms with E-state index in [1.165, 1.54) is 10.8 Å². The van der Waals surface area contributed by atoms with E-state index < -0.39 is 46.4 Å². The molecule has 14 atom stereocenters. The maximum atomic E-state index is 11.5. The summed E-state index contributed by atoms with van der Waals surface area (Å²) in [6.07, 6.45) is 0.261. The first-order valence-corrected chi connectivity index (χ1v) is 38.3. The van der Waals surface area contributed by atoms with Crippen molar-refractivity contribution in [3.05, 3.63) is 117 Å². The van der Waals surface area contributed by atoms with Gasteiger partial charge in [0.1, 0.15) is 35.7 Å². The molecule has 9 heterocycles. The number of anilines is 3. The van der Waals surface area contributed by atoms with Crippen molar-refractivity contribution in [3.8, 4) is 0 Å². The molecule has 12 rings (SSSR count). The van der Waals surface area contributed by atoms with Gasteiger partial charge in [-0.3, -0.25) is 37.4 Å². The molecule has 36 nitrogen and oxygen atoms in total. The van der Waals surface area contributed by atoms with E-state index in [-0.39, 0.29) is 143 Å². The van der Waals surface area contributed by atoms with Gasteiger partial charge in [-0.2, -0.15) is 42.9 Å². The number of aryl methyl sites for hydroxylation is 9. The average Bonchev–Trinajstić information content (AvgIpc) is 1.63. The fraction of sp³-hybridized carbons (Fsp3) is 0.540. The van der Waals surface area contributed by atoms with E-state index in [1.807, 2.05) is 97.2 Å². The Kier molecular flexibility index (Phi) is 38.0. The number of carbonyl (C=O) groups is 3. The minimum Gasteiger partial charge on any atom is -0.512 e. The summed E-state index contributed by atoms with van der Waals surface area (Å²) >= 11 is 0. The van der Waals surface area contributed by atoms with E-state index in [2.05, 4.69) is 88.8 Å². The van der Waals surface area contributed by atoms with E-state index >= 15 is 0 Å². The fourth-order valence-corrected chi connectivity index (χ4v) is 14.7. The van der Waals surface area contributed by atoms with Crippen LogP contribution in [0, 0.1) is 80.1 Å². The second kappa shape index (κ2) is 44.0. The van der Waals surface area contributed by atoms with Gasteiger partial charge >= 0.3 is 22.2 Å². The van der Waals surface area contributed by atoms with Crippen LogP contribution < -0.4 is 27.2 Å². The monoisotopic (exact) mass is 1630 g/mol. The van der Waals surface area contributed by atoms with Crippen LogP contribution in [-0.4, -0.2) is 209 Å². The van der Waals surface area contributed by atoms with Gasteiger partial charge < -0.3 is 66.2 Å². The van der Waals surface area contributed by atoms with Crippen LogP contribution in [0.3, 0.4) is 0 Å². The number of ether oxygens (including phenoxy) is 2. The normalized spacial score (nSPS) is 22.0. The number of aromatic amines is 1. The van der Waals surface area contributed by atoms with Gasteiger partial charge in [-0.1, -0.05) is 0 Å². The van der Waals surface area contributed by atoms with Crippen molar-refractivity contribution < 1.29 is 103 Å². The summed E-state index contributed by atoms with van der Waals surface area (Å²) in [6, 6.07) is 14.4. The zero-order valence-electron chi connectivity index (χ0n) is 60.7. The molecule has 8 aromatic heterocycles. The number of nitrogen functional groups attached to an aromatic ring is 1. The summed E-state index contributed by atoms with van der Waals surface area (Å²) in [6.45, 7) is 22.5. The Hall–Kier alpha value is -6.84. The van der Waals surface area contributed by atoms with Gasteiger partial charge in [-0.15, -0.1) is 0 Å². The van der Waals surface area contributed by atoms with Gasteiger partial charge in [0.2, 0.25) is 0 Å². The number of nitrogens with zero attached hydrogens (tertiary/aromatic N) is 12. The number of aliphatic hydroxyl groups excluding tert-OH is 5. The minimum atomic E-state index is -4.10. The Labute approximate surface area is 634 Å². The van der Waals surface area contributed by atoms with Gasteiger partial charge in [0.25, 0.3) is 5.91 Å². The Morgan fingerprint density at radius 2 is 1.11 bits per heavy atom. The van der Waals surface area contributed by atoms with Crippen LogP contribution in [0.25, 0.3) is 16.9 Å². The third-order valence-corrected chi connectivity index (χ3v) is 19.1. The first kappa shape index (κ1) is 91.6. The van der Waals surface area contributed by atoms with Crippen molar-refractivity contribution >= 4 is 107 Å². The molecule has 4 aliphatic rings. The number of H-pyrrole nitrogens is 1. The molecule has 0 aromatic carbocycles. The molecule has 1 aliphatic heterocycles.